The van der Waals surface area contributed by atoms with Crippen LogP contribution in [0.2, 0.25) is 0 Å². The molecule has 7 nitrogen and oxygen atoms in total. The molecule has 1 aromatic carbocycles. The first-order valence-corrected chi connectivity index (χ1v) is 9.64. The molecule has 0 radical (unpaired) electrons. The molecule has 0 aliphatic carbocycles. The maximum atomic E-state index is 12.6. The third-order valence-electron chi connectivity index (χ3n) is 3.69. The Balaban J connectivity index is 1.91. The highest BCUT2D eigenvalue weighted by Crippen LogP contribution is 2.14. The van der Waals surface area contributed by atoms with Gasteiger partial charge in [0.05, 0.1) is 5.69 Å². The minimum atomic E-state index is -0.262. The van der Waals surface area contributed by atoms with E-state index < -0.39 is 0 Å². The minimum absolute atomic E-state index is 0.0248. The first kappa shape index (κ1) is 20.9. The van der Waals surface area contributed by atoms with Crippen molar-refractivity contribution in [2.75, 3.05) is 45.7 Å². The molecule has 0 aliphatic rings. The summed E-state index contributed by atoms with van der Waals surface area (Å²) in [6.07, 6.45) is 0.772. The van der Waals surface area contributed by atoms with E-state index >= 15 is 0 Å². The summed E-state index contributed by atoms with van der Waals surface area (Å²) < 4.78 is 5.54. The largest absolute Gasteiger partial charge is 0.484 e. The molecular formula is C19H26N4O3S. The summed E-state index contributed by atoms with van der Waals surface area (Å²) in [6.45, 7) is 3.05. The van der Waals surface area contributed by atoms with Gasteiger partial charge in [0.2, 0.25) is 5.91 Å². The molecule has 2 amide bonds. The molecule has 0 fully saturated rings. The number of hydrogen-bond acceptors (Lipinski definition) is 6. The second-order valence-corrected chi connectivity index (χ2v) is 7.27. The fraction of sp³-hybridized carbons (Fsp3) is 0.421. The Morgan fingerprint density at radius 3 is 2.56 bits per heavy atom. The van der Waals surface area contributed by atoms with Crippen LogP contribution in [0.1, 0.15) is 12.1 Å². The maximum absolute atomic E-state index is 12.6. The highest BCUT2D eigenvalue weighted by atomic mass is 32.1. The predicted molar refractivity (Wildman–Crippen MR) is 107 cm³/mol. The SMILES string of the molecule is Cc1csc(NC(=O)CN(CCCN(C)C)C(=O)COc2ccccc2)n1. The van der Waals surface area contributed by atoms with Crippen LogP contribution in [-0.4, -0.2) is 66.9 Å². The second kappa shape index (κ2) is 10.6. The summed E-state index contributed by atoms with van der Waals surface area (Å²) in [6, 6.07) is 9.16. The normalized spacial score (nSPS) is 10.7. The lowest BCUT2D eigenvalue weighted by atomic mass is 10.3. The quantitative estimate of drug-likeness (QED) is 0.673. The van der Waals surface area contributed by atoms with Crippen molar-refractivity contribution in [3.05, 3.63) is 41.4 Å². The smallest absolute Gasteiger partial charge is 0.260 e. The average Bonchev–Trinajstić information content (AvgIpc) is 3.04. The molecule has 0 atom stereocenters. The van der Waals surface area contributed by atoms with Gasteiger partial charge in [0.15, 0.2) is 11.7 Å². The van der Waals surface area contributed by atoms with E-state index in [2.05, 4.69) is 10.3 Å². The van der Waals surface area contributed by atoms with E-state index in [0.717, 1.165) is 18.7 Å². The van der Waals surface area contributed by atoms with Gasteiger partial charge in [-0.15, -0.1) is 11.3 Å². The standard InChI is InChI=1S/C19H26N4O3S/c1-15-14-27-19(20-15)21-17(24)12-23(11-7-10-22(2)3)18(25)13-26-16-8-5-4-6-9-16/h4-6,8-9,14H,7,10-13H2,1-3H3,(H,20,21,24). The van der Waals surface area contributed by atoms with E-state index in [1.165, 1.54) is 16.2 Å². The predicted octanol–water partition coefficient (Wildman–Crippen LogP) is 2.25. The lowest BCUT2D eigenvalue weighted by Crippen LogP contribution is -2.41. The number of anilines is 1. The van der Waals surface area contributed by atoms with Crippen LogP contribution in [0.15, 0.2) is 35.7 Å². The summed E-state index contributed by atoms with van der Waals surface area (Å²) in [4.78, 5) is 32.7. The number of aryl methyl sites for hydroxylation is 1. The van der Waals surface area contributed by atoms with Gasteiger partial charge in [-0.1, -0.05) is 18.2 Å². The summed E-state index contributed by atoms with van der Waals surface area (Å²) in [5.74, 6) is 0.146. The van der Waals surface area contributed by atoms with E-state index in [1.54, 1.807) is 12.1 Å². The number of benzene rings is 1. The van der Waals surface area contributed by atoms with Crippen LogP contribution >= 0.6 is 11.3 Å². The van der Waals surface area contributed by atoms with Crippen LogP contribution in [0.5, 0.6) is 5.75 Å². The minimum Gasteiger partial charge on any atom is -0.484 e. The number of thiazole rings is 1. The van der Waals surface area contributed by atoms with Gasteiger partial charge < -0.3 is 19.9 Å². The Labute approximate surface area is 164 Å². The number of carbonyl (C=O) groups excluding carboxylic acids is 2. The Bertz CT molecular complexity index is 734. The van der Waals surface area contributed by atoms with Gasteiger partial charge in [0.1, 0.15) is 12.3 Å². The van der Waals surface area contributed by atoms with E-state index in [0.29, 0.717) is 17.4 Å². The van der Waals surface area contributed by atoms with Crippen molar-refractivity contribution in [2.24, 2.45) is 0 Å². The molecule has 27 heavy (non-hydrogen) atoms. The topological polar surface area (TPSA) is 74.8 Å². The molecule has 1 aromatic heterocycles. The van der Waals surface area contributed by atoms with Gasteiger partial charge in [-0.25, -0.2) is 4.98 Å². The number of para-hydroxylation sites is 1. The van der Waals surface area contributed by atoms with Crippen LogP contribution in [0.4, 0.5) is 5.13 Å². The molecule has 0 unspecified atom stereocenters. The van der Waals surface area contributed by atoms with Gasteiger partial charge in [-0.05, 0) is 46.1 Å². The molecule has 146 valence electrons. The molecule has 1 heterocycles. The van der Waals surface area contributed by atoms with Crippen molar-refractivity contribution in [3.63, 3.8) is 0 Å². The van der Waals surface area contributed by atoms with Crippen LogP contribution in [0, 0.1) is 6.92 Å². The Kier molecular flexibility index (Phi) is 8.22. The monoisotopic (exact) mass is 390 g/mol. The van der Waals surface area contributed by atoms with Gasteiger partial charge in [-0.2, -0.15) is 0 Å². The maximum Gasteiger partial charge on any atom is 0.260 e. The summed E-state index contributed by atoms with van der Waals surface area (Å²) in [5.41, 5.74) is 0.852. The molecule has 0 saturated heterocycles. The molecular weight excluding hydrogens is 364 g/mol. The molecule has 0 bridgehead atoms. The number of aromatic nitrogens is 1. The number of ether oxygens (including phenoxy) is 1. The van der Waals surface area contributed by atoms with Crippen molar-refractivity contribution in [1.29, 1.82) is 0 Å². The van der Waals surface area contributed by atoms with Crippen LogP contribution in [0.25, 0.3) is 0 Å². The number of nitrogens with zero attached hydrogens (tertiary/aromatic N) is 3. The Morgan fingerprint density at radius 1 is 1.19 bits per heavy atom. The zero-order valence-electron chi connectivity index (χ0n) is 16.0. The number of rotatable bonds is 10. The third kappa shape index (κ3) is 7.76. The highest BCUT2D eigenvalue weighted by Gasteiger charge is 2.18. The average molecular weight is 391 g/mol. The van der Waals surface area contributed by atoms with Crippen molar-refractivity contribution >= 4 is 28.3 Å². The third-order valence-corrected chi connectivity index (χ3v) is 4.57. The van der Waals surface area contributed by atoms with Crippen LogP contribution in [-0.2, 0) is 9.59 Å². The van der Waals surface area contributed by atoms with Gasteiger partial charge >= 0.3 is 0 Å². The lowest BCUT2D eigenvalue weighted by molar-refractivity contribution is -0.136. The van der Waals surface area contributed by atoms with E-state index in [1.807, 2.05) is 49.5 Å². The molecule has 2 aromatic rings. The van der Waals surface area contributed by atoms with Crippen molar-refractivity contribution in [2.45, 2.75) is 13.3 Å². The number of nitrogens with one attached hydrogen (secondary N) is 1. The summed E-state index contributed by atoms with van der Waals surface area (Å²) >= 11 is 1.36. The lowest BCUT2D eigenvalue weighted by Gasteiger charge is -2.23. The van der Waals surface area contributed by atoms with E-state index in [-0.39, 0.29) is 25.0 Å². The zero-order valence-corrected chi connectivity index (χ0v) is 16.8. The molecule has 8 heteroatoms. The molecule has 0 spiro atoms. The van der Waals surface area contributed by atoms with Crippen LogP contribution < -0.4 is 10.1 Å². The number of hydrogen-bond donors (Lipinski definition) is 1. The van der Waals surface area contributed by atoms with Crippen molar-refractivity contribution in [1.82, 2.24) is 14.8 Å². The molecule has 2 rings (SSSR count). The van der Waals surface area contributed by atoms with Crippen LogP contribution in [0.3, 0.4) is 0 Å². The fourth-order valence-corrected chi connectivity index (χ4v) is 3.07. The first-order chi connectivity index (χ1) is 12.9. The van der Waals surface area contributed by atoms with E-state index in [9.17, 15) is 9.59 Å². The first-order valence-electron chi connectivity index (χ1n) is 8.76. The second-order valence-electron chi connectivity index (χ2n) is 6.42. The highest BCUT2D eigenvalue weighted by molar-refractivity contribution is 7.13. The molecule has 1 N–H and O–H groups in total. The van der Waals surface area contributed by atoms with E-state index in [4.69, 9.17) is 4.74 Å². The summed E-state index contributed by atoms with van der Waals surface area (Å²) in [7, 11) is 3.95. The Morgan fingerprint density at radius 2 is 1.93 bits per heavy atom. The molecule has 0 aliphatic heterocycles. The number of carbonyl (C=O) groups is 2. The zero-order chi connectivity index (χ0) is 19.6. The van der Waals surface area contributed by atoms with Crippen molar-refractivity contribution in [3.8, 4) is 5.75 Å². The van der Waals surface area contributed by atoms with Gasteiger partial charge in [-0.3, -0.25) is 9.59 Å². The fourth-order valence-electron chi connectivity index (χ4n) is 2.37. The summed E-state index contributed by atoms with van der Waals surface area (Å²) in [5, 5.41) is 5.15. The van der Waals surface area contributed by atoms with Gasteiger partial charge in [0, 0.05) is 11.9 Å². The Hall–Kier alpha value is -2.45. The molecule has 0 saturated carbocycles. The van der Waals surface area contributed by atoms with Gasteiger partial charge in [0.25, 0.3) is 5.91 Å². The number of amides is 2. The van der Waals surface area contributed by atoms with Crippen molar-refractivity contribution < 1.29 is 14.3 Å².